The number of benzene rings is 1. The molecular weight excluding hydrogens is 196 g/mol. The first kappa shape index (κ1) is 11.1. The standard InChI is InChI=1S/C11H12O2S/c1-2-8-3-5-9(6-4-8)11(13)10(12)7-14/h1,3-6,10-14H,7H2. The Bertz CT molecular complexity index is 326. The van der Waals surface area contributed by atoms with Gasteiger partial charge < -0.3 is 10.2 Å². The molecule has 0 saturated carbocycles. The van der Waals surface area contributed by atoms with E-state index in [1.54, 1.807) is 24.3 Å². The summed E-state index contributed by atoms with van der Waals surface area (Å²) in [4.78, 5) is 0. The van der Waals surface area contributed by atoms with E-state index in [2.05, 4.69) is 18.5 Å². The van der Waals surface area contributed by atoms with Crippen molar-refractivity contribution in [3.05, 3.63) is 35.4 Å². The lowest BCUT2D eigenvalue weighted by molar-refractivity contribution is 0.0337. The molecule has 0 aliphatic heterocycles. The van der Waals surface area contributed by atoms with E-state index in [9.17, 15) is 10.2 Å². The summed E-state index contributed by atoms with van der Waals surface area (Å²) in [5.74, 6) is 2.70. The van der Waals surface area contributed by atoms with Crippen LogP contribution < -0.4 is 0 Å². The highest BCUT2D eigenvalue weighted by Crippen LogP contribution is 2.17. The quantitative estimate of drug-likeness (QED) is 0.512. The Morgan fingerprint density at radius 3 is 2.29 bits per heavy atom. The molecule has 0 saturated heterocycles. The fraction of sp³-hybridized carbons (Fsp3) is 0.273. The van der Waals surface area contributed by atoms with E-state index in [0.29, 0.717) is 5.56 Å². The lowest BCUT2D eigenvalue weighted by atomic mass is 10.0. The van der Waals surface area contributed by atoms with Gasteiger partial charge in [0.2, 0.25) is 0 Å². The summed E-state index contributed by atoms with van der Waals surface area (Å²) >= 11 is 3.90. The van der Waals surface area contributed by atoms with Crippen molar-refractivity contribution >= 4 is 12.6 Å². The van der Waals surface area contributed by atoms with E-state index >= 15 is 0 Å². The van der Waals surface area contributed by atoms with Crippen molar-refractivity contribution in [1.82, 2.24) is 0 Å². The van der Waals surface area contributed by atoms with Crippen molar-refractivity contribution in [3.63, 3.8) is 0 Å². The van der Waals surface area contributed by atoms with Crippen LogP contribution in [0.4, 0.5) is 0 Å². The van der Waals surface area contributed by atoms with Crippen LogP contribution in [0.3, 0.4) is 0 Å². The van der Waals surface area contributed by atoms with E-state index in [1.165, 1.54) is 0 Å². The Morgan fingerprint density at radius 1 is 1.29 bits per heavy atom. The monoisotopic (exact) mass is 208 g/mol. The molecule has 0 fully saturated rings. The summed E-state index contributed by atoms with van der Waals surface area (Å²) in [6, 6.07) is 6.85. The minimum absolute atomic E-state index is 0.220. The topological polar surface area (TPSA) is 40.5 Å². The molecule has 0 heterocycles. The van der Waals surface area contributed by atoms with Gasteiger partial charge in [-0.3, -0.25) is 0 Å². The summed E-state index contributed by atoms with van der Waals surface area (Å²) in [6.45, 7) is 0. The smallest absolute Gasteiger partial charge is 0.106 e. The maximum absolute atomic E-state index is 9.60. The van der Waals surface area contributed by atoms with Crippen LogP contribution in [0.1, 0.15) is 17.2 Å². The van der Waals surface area contributed by atoms with E-state index in [4.69, 9.17) is 6.42 Å². The highest BCUT2D eigenvalue weighted by molar-refractivity contribution is 7.80. The summed E-state index contributed by atoms with van der Waals surface area (Å²) in [7, 11) is 0. The van der Waals surface area contributed by atoms with E-state index < -0.39 is 12.2 Å². The van der Waals surface area contributed by atoms with Gasteiger partial charge in [-0.15, -0.1) is 6.42 Å². The molecule has 14 heavy (non-hydrogen) atoms. The van der Waals surface area contributed by atoms with Crippen LogP contribution in [0.25, 0.3) is 0 Å². The van der Waals surface area contributed by atoms with Crippen molar-refractivity contribution in [2.45, 2.75) is 12.2 Å². The van der Waals surface area contributed by atoms with Gasteiger partial charge in [-0.1, -0.05) is 18.1 Å². The molecule has 1 aromatic carbocycles. The molecule has 3 heteroatoms. The molecule has 0 aliphatic carbocycles. The number of hydrogen-bond donors (Lipinski definition) is 3. The zero-order valence-electron chi connectivity index (χ0n) is 7.59. The molecule has 1 aromatic rings. The first-order valence-corrected chi connectivity index (χ1v) is 4.86. The predicted molar refractivity (Wildman–Crippen MR) is 59.2 cm³/mol. The number of hydrogen-bond acceptors (Lipinski definition) is 3. The molecule has 0 amide bonds. The Morgan fingerprint density at radius 2 is 1.86 bits per heavy atom. The fourth-order valence-electron chi connectivity index (χ4n) is 1.10. The molecule has 1 rings (SSSR count). The molecule has 0 bridgehead atoms. The van der Waals surface area contributed by atoms with Crippen molar-refractivity contribution in [1.29, 1.82) is 0 Å². The minimum atomic E-state index is -0.903. The van der Waals surface area contributed by atoms with E-state index in [0.717, 1.165) is 5.56 Å². The molecule has 2 atom stereocenters. The Labute approximate surface area is 89.0 Å². The Kier molecular flexibility index (Phi) is 4.02. The average Bonchev–Trinajstić information content (AvgIpc) is 2.27. The van der Waals surface area contributed by atoms with Crippen LogP contribution in [0, 0.1) is 12.3 Å². The van der Waals surface area contributed by atoms with Crippen molar-refractivity contribution in [2.24, 2.45) is 0 Å². The summed E-state index contributed by atoms with van der Waals surface area (Å²) in [5, 5.41) is 18.9. The SMILES string of the molecule is C#Cc1ccc(C(O)C(O)CS)cc1. The summed E-state index contributed by atoms with van der Waals surface area (Å²) in [6.07, 6.45) is 3.43. The van der Waals surface area contributed by atoms with E-state index in [-0.39, 0.29) is 5.75 Å². The van der Waals surface area contributed by atoms with Gasteiger partial charge in [-0.25, -0.2) is 0 Å². The van der Waals surface area contributed by atoms with Crippen LogP contribution in [0.15, 0.2) is 24.3 Å². The lowest BCUT2D eigenvalue weighted by Crippen LogP contribution is -2.19. The zero-order valence-corrected chi connectivity index (χ0v) is 8.48. The Hall–Kier alpha value is -0.950. The zero-order chi connectivity index (χ0) is 10.6. The van der Waals surface area contributed by atoms with Crippen LogP contribution in [0.2, 0.25) is 0 Å². The number of aliphatic hydroxyl groups excluding tert-OH is 2. The lowest BCUT2D eigenvalue weighted by Gasteiger charge is -2.15. The second-order valence-electron chi connectivity index (χ2n) is 2.96. The van der Waals surface area contributed by atoms with Gasteiger partial charge in [0.25, 0.3) is 0 Å². The molecule has 0 aromatic heterocycles. The molecule has 2 N–H and O–H groups in total. The maximum Gasteiger partial charge on any atom is 0.106 e. The third-order valence-electron chi connectivity index (χ3n) is 1.97. The highest BCUT2D eigenvalue weighted by atomic mass is 32.1. The number of thiol groups is 1. The van der Waals surface area contributed by atoms with Crippen LogP contribution >= 0.6 is 12.6 Å². The van der Waals surface area contributed by atoms with Gasteiger partial charge in [0.05, 0.1) is 6.10 Å². The van der Waals surface area contributed by atoms with Gasteiger partial charge >= 0.3 is 0 Å². The largest absolute Gasteiger partial charge is 0.389 e. The normalized spacial score (nSPS) is 14.4. The van der Waals surface area contributed by atoms with Crippen LogP contribution in [0.5, 0.6) is 0 Å². The van der Waals surface area contributed by atoms with Crippen LogP contribution in [-0.4, -0.2) is 22.1 Å². The third kappa shape index (κ3) is 2.52. The van der Waals surface area contributed by atoms with Gasteiger partial charge in [-0.05, 0) is 17.7 Å². The third-order valence-corrected chi connectivity index (χ3v) is 2.34. The molecule has 0 radical (unpaired) electrons. The average molecular weight is 208 g/mol. The fourth-order valence-corrected chi connectivity index (χ4v) is 1.30. The molecule has 0 aliphatic rings. The van der Waals surface area contributed by atoms with Crippen molar-refractivity contribution < 1.29 is 10.2 Å². The van der Waals surface area contributed by atoms with Gasteiger partial charge in [0.1, 0.15) is 6.10 Å². The van der Waals surface area contributed by atoms with Crippen LogP contribution in [-0.2, 0) is 0 Å². The molecule has 74 valence electrons. The highest BCUT2D eigenvalue weighted by Gasteiger charge is 2.16. The number of terminal acetylenes is 1. The summed E-state index contributed by atoms with van der Waals surface area (Å²) in [5.41, 5.74) is 1.40. The van der Waals surface area contributed by atoms with Gasteiger partial charge in [0, 0.05) is 11.3 Å². The number of rotatable bonds is 3. The second kappa shape index (κ2) is 5.06. The molecular formula is C11H12O2S. The second-order valence-corrected chi connectivity index (χ2v) is 3.33. The minimum Gasteiger partial charge on any atom is -0.389 e. The van der Waals surface area contributed by atoms with E-state index in [1.807, 2.05) is 0 Å². The van der Waals surface area contributed by atoms with Gasteiger partial charge in [0.15, 0.2) is 0 Å². The number of aliphatic hydroxyl groups is 2. The Balaban J connectivity index is 2.82. The first-order valence-electron chi connectivity index (χ1n) is 4.22. The molecule has 0 spiro atoms. The van der Waals surface area contributed by atoms with Crippen molar-refractivity contribution in [2.75, 3.05) is 5.75 Å². The molecule has 2 nitrogen and oxygen atoms in total. The van der Waals surface area contributed by atoms with Gasteiger partial charge in [-0.2, -0.15) is 12.6 Å². The molecule has 2 unspecified atom stereocenters. The maximum atomic E-state index is 9.60. The summed E-state index contributed by atoms with van der Waals surface area (Å²) < 4.78 is 0. The van der Waals surface area contributed by atoms with Crippen molar-refractivity contribution in [3.8, 4) is 12.3 Å². The first-order chi connectivity index (χ1) is 6.69. The predicted octanol–water partition coefficient (Wildman–Crippen LogP) is 0.992.